The van der Waals surface area contributed by atoms with Crippen LogP contribution in [0.1, 0.15) is 5.56 Å². The van der Waals surface area contributed by atoms with Crippen molar-refractivity contribution in [2.24, 2.45) is 0 Å². The van der Waals surface area contributed by atoms with Gasteiger partial charge in [0.1, 0.15) is 0 Å². The zero-order valence-corrected chi connectivity index (χ0v) is 9.17. The van der Waals surface area contributed by atoms with E-state index in [9.17, 15) is 4.79 Å². The van der Waals surface area contributed by atoms with Crippen LogP contribution in [0.2, 0.25) is 0 Å². The van der Waals surface area contributed by atoms with Gasteiger partial charge in [-0.05, 0) is 24.6 Å². The van der Waals surface area contributed by atoms with Gasteiger partial charge in [-0.1, -0.05) is 30.0 Å². The standard InChI is InChI=1S/C12H11NOS/c1-9-8-13-12(14)7-11(9)15-10-5-3-2-4-6-10/h2-8H,1H3,(H,13,14). The van der Waals surface area contributed by atoms with Crippen molar-refractivity contribution in [2.75, 3.05) is 0 Å². The van der Waals surface area contributed by atoms with Crippen LogP contribution in [-0.2, 0) is 0 Å². The quantitative estimate of drug-likeness (QED) is 0.839. The first kappa shape index (κ1) is 10.1. The second-order valence-electron chi connectivity index (χ2n) is 3.26. The highest BCUT2D eigenvalue weighted by molar-refractivity contribution is 7.99. The second kappa shape index (κ2) is 4.36. The molecular weight excluding hydrogens is 206 g/mol. The van der Waals surface area contributed by atoms with Gasteiger partial charge in [0.05, 0.1) is 0 Å². The number of benzene rings is 1. The molecule has 0 radical (unpaired) electrons. The van der Waals surface area contributed by atoms with Crippen LogP contribution >= 0.6 is 11.8 Å². The summed E-state index contributed by atoms with van der Waals surface area (Å²) in [6, 6.07) is 11.7. The van der Waals surface area contributed by atoms with E-state index >= 15 is 0 Å². The van der Waals surface area contributed by atoms with Crippen LogP contribution in [0.3, 0.4) is 0 Å². The fraction of sp³-hybridized carbons (Fsp3) is 0.0833. The Morgan fingerprint density at radius 3 is 2.67 bits per heavy atom. The molecule has 0 saturated carbocycles. The third-order valence-electron chi connectivity index (χ3n) is 2.05. The Morgan fingerprint density at radius 2 is 1.93 bits per heavy atom. The van der Waals surface area contributed by atoms with E-state index in [4.69, 9.17) is 0 Å². The number of H-pyrrole nitrogens is 1. The fourth-order valence-electron chi connectivity index (χ4n) is 1.25. The zero-order valence-electron chi connectivity index (χ0n) is 8.36. The van der Waals surface area contributed by atoms with E-state index in [2.05, 4.69) is 4.98 Å². The molecule has 2 rings (SSSR count). The molecule has 0 aliphatic rings. The monoisotopic (exact) mass is 217 g/mol. The predicted octanol–water partition coefficient (Wildman–Crippen LogP) is 2.83. The molecule has 0 saturated heterocycles. The summed E-state index contributed by atoms with van der Waals surface area (Å²) < 4.78 is 0. The van der Waals surface area contributed by atoms with Crippen LogP contribution in [0.4, 0.5) is 0 Å². The summed E-state index contributed by atoms with van der Waals surface area (Å²) in [5.41, 5.74) is 1.03. The minimum absolute atomic E-state index is 0.0565. The molecule has 1 aromatic carbocycles. The van der Waals surface area contributed by atoms with E-state index in [1.54, 1.807) is 24.0 Å². The number of aromatic amines is 1. The summed E-state index contributed by atoms with van der Waals surface area (Å²) in [7, 11) is 0. The van der Waals surface area contributed by atoms with E-state index in [0.717, 1.165) is 15.4 Å². The Bertz CT molecular complexity index is 505. The Labute approximate surface area is 92.4 Å². The number of aryl methyl sites for hydroxylation is 1. The smallest absolute Gasteiger partial charge is 0.249 e. The van der Waals surface area contributed by atoms with Crippen molar-refractivity contribution >= 4 is 11.8 Å². The summed E-state index contributed by atoms with van der Waals surface area (Å²) in [5.74, 6) is 0. The van der Waals surface area contributed by atoms with E-state index in [1.807, 2.05) is 37.3 Å². The van der Waals surface area contributed by atoms with Crippen molar-refractivity contribution in [3.8, 4) is 0 Å². The number of hydrogen-bond donors (Lipinski definition) is 1. The zero-order chi connectivity index (χ0) is 10.7. The lowest BCUT2D eigenvalue weighted by Crippen LogP contribution is -2.03. The molecule has 0 aliphatic carbocycles. The van der Waals surface area contributed by atoms with Crippen LogP contribution < -0.4 is 5.56 Å². The van der Waals surface area contributed by atoms with Crippen molar-refractivity contribution in [3.63, 3.8) is 0 Å². The number of nitrogens with one attached hydrogen (secondary N) is 1. The van der Waals surface area contributed by atoms with Crippen molar-refractivity contribution in [2.45, 2.75) is 16.7 Å². The van der Waals surface area contributed by atoms with Gasteiger partial charge in [-0.15, -0.1) is 0 Å². The van der Waals surface area contributed by atoms with Gasteiger partial charge in [-0.2, -0.15) is 0 Å². The summed E-state index contributed by atoms with van der Waals surface area (Å²) in [4.78, 5) is 16.0. The first-order valence-electron chi connectivity index (χ1n) is 4.68. The normalized spacial score (nSPS) is 10.2. The highest BCUT2D eigenvalue weighted by Crippen LogP contribution is 2.28. The molecule has 0 bridgehead atoms. The Hall–Kier alpha value is -1.48. The Balaban J connectivity index is 2.32. The predicted molar refractivity (Wildman–Crippen MR) is 62.4 cm³/mol. The molecule has 1 heterocycles. The van der Waals surface area contributed by atoms with Crippen molar-refractivity contribution in [1.29, 1.82) is 0 Å². The molecule has 1 N–H and O–H groups in total. The lowest BCUT2D eigenvalue weighted by molar-refractivity contribution is 1.13. The second-order valence-corrected chi connectivity index (χ2v) is 4.37. The fourth-order valence-corrected chi connectivity index (χ4v) is 2.18. The minimum Gasteiger partial charge on any atom is -0.329 e. The number of aromatic nitrogens is 1. The summed E-state index contributed by atoms with van der Waals surface area (Å²) in [6.45, 7) is 1.99. The molecule has 0 spiro atoms. The van der Waals surface area contributed by atoms with E-state index in [0.29, 0.717) is 0 Å². The lowest BCUT2D eigenvalue weighted by atomic mass is 10.3. The molecule has 2 aromatic rings. The van der Waals surface area contributed by atoms with Gasteiger partial charge in [-0.25, -0.2) is 0 Å². The van der Waals surface area contributed by atoms with Crippen LogP contribution in [0.25, 0.3) is 0 Å². The van der Waals surface area contributed by atoms with Gasteiger partial charge in [0.2, 0.25) is 5.56 Å². The Kier molecular flexibility index (Phi) is 2.92. The average Bonchev–Trinajstić information content (AvgIpc) is 2.25. The molecule has 0 fully saturated rings. The SMILES string of the molecule is Cc1c[nH]c(=O)cc1Sc1ccccc1. The minimum atomic E-state index is -0.0565. The number of hydrogen-bond acceptors (Lipinski definition) is 2. The molecule has 3 heteroatoms. The molecule has 0 aliphatic heterocycles. The molecular formula is C12H11NOS. The molecule has 0 amide bonds. The topological polar surface area (TPSA) is 32.9 Å². The molecule has 1 aromatic heterocycles. The van der Waals surface area contributed by atoms with Crippen LogP contribution in [-0.4, -0.2) is 4.98 Å². The third kappa shape index (κ3) is 2.50. The molecule has 76 valence electrons. The van der Waals surface area contributed by atoms with Gasteiger partial charge in [0.15, 0.2) is 0 Å². The molecule has 2 nitrogen and oxygen atoms in total. The van der Waals surface area contributed by atoms with Gasteiger partial charge in [0, 0.05) is 22.1 Å². The first-order valence-corrected chi connectivity index (χ1v) is 5.49. The van der Waals surface area contributed by atoms with Crippen LogP contribution in [0, 0.1) is 6.92 Å². The Morgan fingerprint density at radius 1 is 1.20 bits per heavy atom. The van der Waals surface area contributed by atoms with Crippen LogP contribution in [0.15, 0.2) is 57.2 Å². The molecule has 15 heavy (non-hydrogen) atoms. The lowest BCUT2D eigenvalue weighted by Gasteiger charge is -2.03. The van der Waals surface area contributed by atoms with Gasteiger partial charge in [-0.3, -0.25) is 4.79 Å². The third-order valence-corrected chi connectivity index (χ3v) is 3.22. The summed E-state index contributed by atoms with van der Waals surface area (Å²) >= 11 is 1.61. The van der Waals surface area contributed by atoms with Gasteiger partial charge >= 0.3 is 0 Å². The van der Waals surface area contributed by atoms with E-state index in [1.165, 1.54) is 0 Å². The van der Waals surface area contributed by atoms with Crippen molar-refractivity contribution < 1.29 is 0 Å². The van der Waals surface area contributed by atoms with Crippen molar-refractivity contribution in [3.05, 3.63) is 58.5 Å². The summed E-state index contributed by atoms with van der Waals surface area (Å²) in [5, 5.41) is 0. The van der Waals surface area contributed by atoms with Crippen molar-refractivity contribution in [1.82, 2.24) is 4.98 Å². The maximum atomic E-state index is 11.2. The van der Waals surface area contributed by atoms with E-state index in [-0.39, 0.29) is 5.56 Å². The molecule has 0 atom stereocenters. The largest absolute Gasteiger partial charge is 0.329 e. The van der Waals surface area contributed by atoms with E-state index < -0.39 is 0 Å². The average molecular weight is 217 g/mol. The summed E-state index contributed by atoms with van der Waals surface area (Å²) in [6.07, 6.45) is 1.74. The van der Waals surface area contributed by atoms with Gasteiger partial charge < -0.3 is 4.98 Å². The first-order chi connectivity index (χ1) is 7.25. The highest BCUT2D eigenvalue weighted by Gasteiger charge is 2.01. The maximum Gasteiger partial charge on any atom is 0.249 e. The molecule has 0 unspecified atom stereocenters. The van der Waals surface area contributed by atoms with Gasteiger partial charge in [0.25, 0.3) is 0 Å². The number of rotatable bonds is 2. The van der Waals surface area contributed by atoms with Crippen LogP contribution in [0.5, 0.6) is 0 Å². The number of pyridine rings is 1. The maximum absolute atomic E-state index is 11.2. The highest BCUT2D eigenvalue weighted by atomic mass is 32.2.